The van der Waals surface area contributed by atoms with Crippen LogP contribution in [0.25, 0.3) is 0 Å². The molecule has 5 nitrogen and oxygen atoms in total. The highest BCUT2D eigenvalue weighted by Gasteiger charge is 2.18. The number of ether oxygens (including phenoxy) is 1. The Morgan fingerprint density at radius 2 is 2.14 bits per heavy atom. The van der Waals surface area contributed by atoms with Gasteiger partial charge in [0.05, 0.1) is 12.7 Å². The van der Waals surface area contributed by atoms with Crippen LogP contribution in [0.15, 0.2) is 30.9 Å². The fraction of sp³-hybridized carbons (Fsp3) is 0.222. The van der Waals surface area contributed by atoms with Crippen LogP contribution in [0.1, 0.15) is 11.7 Å². The molecule has 0 aliphatic carbocycles. The van der Waals surface area contributed by atoms with E-state index < -0.39 is 12.1 Å². The predicted molar refractivity (Wildman–Crippen MR) is 48.1 cm³/mol. The van der Waals surface area contributed by atoms with Crippen molar-refractivity contribution in [1.29, 1.82) is 0 Å². The average molecular weight is 194 g/mol. The summed E-state index contributed by atoms with van der Waals surface area (Å²) in [5.74, 6) is -0.652. The molecule has 1 aromatic heterocycles. The van der Waals surface area contributed by atoms with Crippen LogP contribution in [0.3, 0.4) is 0 Å². The van der Waals surface area contributed by atoms with Gasteiger partial charge in [-0.3, -0.25) is 0 Å². The Labute approximate surface area is 81.1 Å². The molecule has 0 radical (unpaired) electrons. The van der Waals surface area contributed by atoms with Crippen LogP contribution in [0, 0.1) is 0 Å². The highest BCUT2D eigenvalue weighted by atomic mass is 16.5. The third-order valence-corrected chi connectivity index (χ3v) is 1.67. The summed E-state index contributed by atoms with van der Waals surface area (Å²) in [5, 5.41) is 9.61. The first-order chi connectivity index (χ1) is 6.66. The molecule has 1 heterocycles. The van der Waals surface area contributed by atoms with E-state index >= 15 is 0 Å². The fourth-order valence-corrected chi connectivity index (χ4v) is 0.896. The zero-order valence-corrected chi connectivity index (χ0v) is 7.67. The number of hydrogen-bond acceptors (Lipinski definition) is 5. The summed E-state index contributed by atoms with van der Waals surface area (Å²) in [6, 6.07) is 0. The molecule has 1 aromatic rings. The maximum atomic E-state index is 11.0. The molecule has 74 valence electrons. The minimum absolute atomic E-state index is 0.0395. The highest BCUT2D eigenvalue weighted by molar-refractivity contribution is 5.88. The molecule has 0 amide bonds. The van der Waals surface area contributed by atoms with Crippen LogP contribution < -0.4 is 0 Å². The molecule has 0 spiro atoms. The summed E-state index contributed by atoms with van der Waals surface area (Å²) in [7, 11) is 1.22. The molecule has 0 aliphatic heterocycles. The molecule has 1 rings (SSSR count). The minimum atomic E-state index is -1.12. The lowest BCUT2D eigenvalue weighted by atomic mass is 10.1. The van der Waals surface area contributed by atoms with Crippen molar-refractivity contribution in [3.8, 4) is 0 Å². The van der Waals surface area contributed by atoms with E-state index in [1.54, 1.807) is 0 Å². The van der Waals surface area contributed by atoms with Crippen molar-refractivity contribution >= 4 is 5.97 Å². The SMILES string of the molecule is C=C(C(=O)OC)C(O)c1cncnc1. The van der Waals surface area contributed by atoms with Crippen molar-refractivity contribution in [2.24, 2.45) is 0 Å². The van der Waals surface area contributed by atoms with Crippen LogP contribution in [0.5, 0.6) is 0 Å². The summed E-state index contributed by atoms with van der Waals surface area (Å²) < 4.78 is 4.42. The smallest absolute Gasteiger partial charge is 0.336 e. The molecule has 0 saturated heterocycles. The number of esters is 1. The summed E-state index contributed by atoms with van der Waals surface area (Å²) in [6.07, 6.45) is 3.03. The van der Waals surface area contributed by atoms with E-state index in [4.69, 9.17) is 0 Å². The fourth-order valence-electron chi connectivity index (χ4n) is 0.896. The molecule has 0 bridgehead atoms. The van der Waals surface area contributed by atoms with Gasteiger partial charge >= 0.3 is 5.97 Å². The Balaban J connectivity index is 2.81. The van der Waals surface area contributed by atoms with Gasteiger partial charge in [0.25, 0.3) is 0 Å². The average Bonchev–Trinajstić information content (AvgIpc) is 2.27. The van der Waals surface area contributed by atoms with Crippen LogP contribution >= 0.6 is 0 Å². The molecular formula is C9H10N2O3. The number of methoxy groups -OCH3 is 1. The number of rotatable bonds is 3. The van der Waals surface area contributed by atoms with Gasteiger partial charge in [0.1, 0.15) is 12.4 Å². The van der Waals surface area contributed by atoms with E-state index in [0.717, 1.165) is 0 Å². The van der Waals surface area contributed by atoms with Gasteiger partial charge in [-0.15, -0.1) is 0 Å². The quantitative estimate of drug-likeness (QED) is 0.551. The molecule has 0 aliphatic rings. The number of carbonyl (C=O) groups is 1. The zero-order chi connectivity index (χ0) is 10.6. The van der Waals surface area contributed by atoms with Crippen molar-refractivity contribution in [3.05, 3.63) is 36.4 Å². The third kappa shape index (κ3) is 2.14. The first-order valence-corrected chi connectivity index (χ1v) is 3.87. The largest absolute Gasteiger partial charge is 0.466 e. The first-order valence-electron chi connectivity index (χ1n) is 3.87. The molecule has 1 N–H and O–H groups in total. The lowest BCUT2D eigenvalue weighted by Crippen LogP contribution is -2.12. The molecule has 5 heteroatoms. The van der Waals surface area contributed by atoms with Crippen molar-refractivity contribution in [2.75, 3.05) is 7.11 Å². The van der Waals surface area contributed by atoms with Gasteiger partial charge in [0.2, 0.25) is 0 Å². The number of aliphatic hydroxyl groups excluding tert-OH is 1. The van der Waals surface area contributed by atoms with Gasteiger partial charge in [-0.05, 0) is 0 Å². The van der Waals surface area contributed by atoms with Gasteiger partial charge in [-0.25, -0.2) is 14.8 Å². The van der Waals surface area contributed by atoms with Crippen molar-refractivity contribution < 1.29 is 14.6 Å². The lowest BCUT2D eigenvalue weighted by molar-refractivity contribution is -0.137. The number of nitrogens with zero attached hydrogens (tertiary/aromatic N) is 2. The second kappa shape index (κ2) is 4.48. The van der Waals surface area contributed by atoms with Crippen LogP contribution in [-0.4, -0.2) is 28.2 Å². The predicted octanol–water partition coefficient (Wildman–Crippen LogP) is 0.239. The van der Waals surface area contributed by atoms with E-state index in [0.29, 0.717) is 5.56 Å². The maximum absolute atomic E-state index is 11.0. The Hall–Kier alpha value is -1.75. The Kier molecular flexibility index (Phi) is 3.30. The molecule has 1 atom stereocenters. The monoisotopic (exact) mass is 194 g/mol. The Bertz CT molecular complexity index is 337. The van der Waals surface area contributed by atoms with E-state index in [2.05, 4.69) is 21.3 Å². The molecule has 1 unspecified atom stereocenters. The molecular weight excluding hydrogens is 184 g/mol. The number of hydrogen-bond donors (Lipinski definition) is 1. The Morgan fingerprint density at radius 1 is 1.57 bits per heavy atom. The number of aromatic nitrogens is 2. The van der Waals surface area contributed by atoms with Crippen LogP contribution in [0.4, 0.5) is 0 Å². The van der Waals surface area contributed by atoms with Gasteiger partial charge in [0, 0.05) is 18.0 Å². The van der Waals surface area contributed by atoms with Crippen molar-refractivity contribution in [1.82, 2.24) is 9.97 Å². The second-order valence-electron chi connectivity index (χ2n) is 2.59. The number of carbonyl (C=O) groups excluding carboxylic acids is 1. The normalized spacial score (nSPS) is 11.9. The van der Waals surface area contributed by atoms with Crippen LogP contribution in [0.2, 0.25) is 0 Å². The summed E-state index contributed by atoms with van der Waals surface area (Å²) in [5.41, 5.74) is 0.366. The van der Waals surface area contributed by atoms with Crippen molar-refractivity contribution in [2.45, 2.75) is 6.10 Å². The minimum Gasteiger partial charge on any atom is -0.466 e. The van der Waals surface area contributed by atoms with Gasteiger partial charge in [-0.2, -0.15) is 0 Å². The molecule has 0 aromatic carbocycles. The molecule has 0 fully saturated rings. The molecule has 14 heavy (non-hydrogen) atoms. The lowest BCUT2D eigenvalue weighted by Gasteiger charge is -2.10. The number of aliphatic hydroxyl groups is 1. The second-order valence-corrected chi connectivity index (χ2v) is 2.59. The van der Waals surface area contributed by atoms with Crippen molar-refractivity contribution in [3.63, 3.8) is 0 Å². The van der Waals surface area contributed by atoms with Gasteiger partial charge in [0.15, 0.2) is 0 Å². The van der Waals surface area contributed by atoms with Gasteiger partial charge < -0.3 is 9.84 Å². The van der Waals surface area contributed by atoms with E-state index in [9.17, 15) is 9.90 Å². The summed E-state index contributed by atoms with van der Waals surface area (Å²) >= 11 is 0. The first kappa shape index (κ1) is 10.3. The maximum Gasteiger partial charge on any atom is 0.336 e. The third-order valence-electron chi connectivity index (χ3n) is 1.67. The Morgan fingerprint density at radius 3 is 2.64 bits per heavy atom. The summed E-state index contributed by atoms with van der Waals surface area (Å²) in [6.45, 7) is 3.42. The topological polar surface area (TPSA) is 72.3 Å². The van der Waals surface area contributed by atoms with Crippen LogP contribution in [-0.2, 0) is 9.53 Å². The summed E-state index contributed by atoms with van der Waals surface area (Å²) in [4.78, 5) is 18.4. The van der Waals surface area contributed by atoms with E-state index in [1.807, 2.05) is 0 Å². The van der Waals surface area contributed by atoms with Gasteiger partial charge in [-0.1, -0.05) is 6.58 Å². The molecule has 0 saturated carbocycles. The standard InChI is InChI=1S/C9H10N2O3/c1-6(9(13)14-2)8(12)7-3-10-5-11-4-7/h3-5,8,12H,1H2,2H3. The zero-order valence-electron chi connectivity index (χ0n) is 7.67. The highest BCUT2D eigenvalue weighted by Crippen LogP contribution is 2.18. The van der Waals surface area contributed by atoms with E-state index in [-0.39, 0.29) is 5.57 Å². The van der Waals surface area contributed by atoms with E-state index in [1.165, 1.54) is 25.8 Å².